The molecule has 6 heteroatoms. The minimum absolute atomic E-state index is 0.0445. The van der Waals surface area contributed by atoms with Crippen molar-refractivity contribution in [1.29, 1.82) is 0 Å². The molecule has 0 radical (unpaired) electrons. The molecular formula is C23H20FN3OS. The Hall–Kier alpha value is -2.83. The number of rotatable bonds is 4. The van der Waals surface area contributed by atoms with Crippen molar-refractivity contribution in [3.05, 3.63) is 92.7 Å². The number of nitrogens with zero attached hydrogens (tertiary/aromatic N) is 2. The predicted molar refractivity (Wildman–Crippen MR) is 114 cm³/mol. The molecule has 4 aromatic rings. The summed E-state index contributed by atoms with van der Waals surface area (Å²) in [6.45, 7) is 1.95. The summed E-state index contributed by atoms with van der Waals surface area (Å²) in [4.78, 5) is 18.2. The van der Waals surface area contributed by atoms with E-state index < -0.39 is 0 Å². The molecule has 4 heterocycles. The van der Waals surface area contributed by atoms with E-state index in [0.29, 0.717) is 12.8 Å². The number of hydrogen-bond acceptors (Lipinski definition) is 4. The Morgan fingerprint density at radius 2 is 2.07 bits per heavy atom. The van der Waals surface area contributed by atoms with Gasteiger partial charge in [-0.3, -0.25) is 14.3 Å². The van der Waals surface area contributed by atoms with E-state index in [1.165, 1.54) is 32.8 Å². The molecule has 0 atom stereocenters. The number of nitrogens with one attached hydrogen (secondary N) is 1. The summed E-state index contributed by atoms with van der Waals surface area (Å²) in [7, 11) is 0. The molecule has 0 saturated carbocycles. The molecule has 5 rings (SSSR count). The lowest BCUT2D eigenvalue weighted by molar-refractivity contribution is 0.619. The molecule has 29 heavy (non-hydrogen) atoms. The van der Waals surface area contributed by atoms with Gasteiger partial charge in [0.2, 0.25) is 0 Å². The van der Waals surface area contributed by atoms with Gasteiger partial charge in [-0.25, -0.2) is 4.39 Å². The lowest BCUT2D eigenvalue weighted by Crippen LogP contribution is -2.21. The summed E-state index contributed by atoms with van der Waals surface area (Å²) in [5.74, 6) is -0.337. The second-order valence-electron chi connectivity index (χ2n) is 7.32. The molecule has 1 aromatic carbocycles. The average molecular weight is 405 g/mol. The Labute approximate surface area is 171 Å². The Morgan fingerprint density at radius 3 is 2.90 bits per heavy atom. The largest absolute Gasteiger partial charge is 0.312 e. The molecule has 4 nitrogen and oxygen atoms in total. The first-order chi connectivity index (χ1) is 14.2. The first-order valence-corrected chi connectivity index (χ1v) is 10.6. The lowest BCUT2D eigenvalue weighted by atomic mass is 10.0. The van der Waals surface area contributed by atoms with Crippen molar-refractivity contribution in [3.63, 3.8) is 0 Å². The van der Waals surface area contributed by atoms with Gasteiger partial charge >= 0.3 is 0 Å². The van der Waals surface area contributed by atoms with Crippen molar-refractivity contribution < 1.29 is 4.39 Å². The SMILES string of the molecule is O=c1cc(CCc2ccc(F)cn2)ccn1-c1ccc2c3c(sc2c1)CNCC3. The normalized spacial score (nSPS) is 13.6. The number of aromatic nitrogens is 2. The third-order valence-electron chi connectivity index (χ3n) is 5.42. The van der Waals surface area contributed by atoms with E-state index in [-0.39, 0.29) is 11.4 Å². The van der Waals surface area contributed by atoms with Crippen molar-refractivity contribution in [1.82, 2.24) is 14.9 Å². The van der Waals surface area contributed by atoms with Gasteiger partial charge in [0.05, 0.1) is 11.9 Å². The maximum Gasteiger partial charge on any atom is 0.255 e. The van der Waals surface area contributed by atoms with Crippen molar-refractivity contribution in [3.8, 4) is 5.69 Å². The summed E-state index contributed by atoms with van der Waals surface area (Å²) in [5, 5.41) is 4.73. The van der Waals surface area contributed by atoms with Crippen LogP contribution in [0.3, 0.4) is 0 Å². The van der Waals surface area contributed by atoms with Crippen LogP contribution in [0.5, 0.6) is 0 Å². The highest BCUT2D eigenvalue weighted by Gasteiger charge is 2.16. The number of aryl methyl sites for hydroxylation is 2. The Kier molecular flexibility index (Phi) is 4.73. The molecule has 0 amide bonds. The van der Waals surface area contributed by atoms with Gasteiger partial charge in [-0.1, -0.05) is 6.07 Å². The number of fused-ring (bicyclic) bond motifs is 3. The van der Waals surface area contributed by atoms with Crippen LogP contribution in [-0.4, -0.2) is 16.1 Å². The summed E-state index contributed by atoms with van der Waals surface area (Å²) in [5.41, 5.74) is 4.07. The van der Waals surface area contributed by atoms with Gasteiger partial charge < -0.3 is 5.32 Å². The van der Waals surface area contributed by atoms with Crippen molar-refractivity contribution in [2.75, 3.05) is 6.54 Å². The minimum atomic E-state index is -0.337. The summed E-state index contributed by atoms with van der Waals surface area (Å²) >= 11 is 1.81. The van der Waals surface area contributed by atoms with Gasteiger partial charge in [0.1, 0.15) is 5.82 Å². The fraction of sp³-hybridized carbons (Fsp3) is 0.217. The maximum atomic E-state index is 13.0. The quantitative estimate of drug-likeness (QED) is 0.558. The van der Waals surface area contributed by atoms with Crippen LogP contribution in [0.1, 0.15) is 21.7 Å². The van der Waals surface area contributed by atoms with Gasteiger partial charge in [-0.15, -0.1) is 11.3 Å². The minimum Gasteiger partial charge on any atom is -0.312 e. The highest BCUT2D eigenvalue weighted by Crippen LogP contribution is 2.34. The second-order valence-corrected chi connectivity index (χ2v) is 8.46. The highest BCUT2D eigenvalue weighted by atomic mass is 32.1. The molecule has 0 unspecified atom stereocenters. The Bertz CT molecular complexity index is 1240. The van der Waals surface area contributed by atoms with Crippen molar-refractivity contribution in [2.45, 2.75) is 25.8 Å². The number of thiophene rings is 1. The van der Waals surface area contributed by atoms with Crippen LogP contribution in [0.15, 0.2) is 59.7 Å². The first kappa shape index (κ1) is 18.2. The molecule has 0 saturated heterocycles. The topological polar surface area (TPSA) is 46.9 Å². The van der Waals surface area contributed by atoms with Crippen LogP contribution < -0.4 is 10.9 Å². The molecule has 1 aliphatic rings. The summed E-state index contributed by atoms with van der Waals surface area (Å²) in [6.07, 6.45) is 5.49. The zero-order valence-electron chi connectivity index (χ0n) is 15.8. The number of halogens is 1. The molecular weight excluding hydrogens is 385 g/mol. The van der Waals surface area contributed by atoms with Crippen LogP contribution in [0.2, 0.25) is 0 Å². The number of benzene rings is 1. The third kappa shape index (κ3) is 3.61. The smallest absolute Gasteiger partial charge is 0.255 e. The molecule has 1 N–H and O–H groups in total. The fourth-order valence-electron chi connectivity index (χ4n) is 3.89. The average Bonchev–Trinajstić information content (AvgIpc) is 3.11. The van der Waals surface area contributed by atoms with Gasteiger partial charge in [0, 0.05) is 34.1 Å². The zero-order valence-corrected chi connectivity index (χ0v) is 16.6. The predicted octanol–water partition coefficient (Wildman–Crippen LogP) is 4.02. The van der Waals surface area contributed by atoms with E-state index in [4.69, 9.17) is 0 Å². The fourth-order valence-corrected chi connectivity index (χ4v) is 5.14. The number of hydrogen-bond donors (Lipinski definition) is 1. The van der Waals surface area contributed by atoms with Crippen LogP contribution in [-0.2, 0) is 25.8 Å². The summed E-state index contributed by atoms with van der Waals surface area (Å²) in [6, 6.07) is 13.0. The molecule has 0 fully saturated rings. The maximum absolute atomic E-state index is 13.0. The van der Waals surface area contributed by atoms with Gasteiger partial charge in [0.25, 0.3) is 5.56 Å². The van der Waals surface area contributed by atoms with E-state index in [1.54, 1.807) is 16.7 Å². The molecule has 0 bridgehead atoms. The van der Waals surface area contributed by atoms with E-state index in [0.717, 1.165) is 36.5 Å². The van der Waals surface area contributed by atoms with E-state index in [1.807, 2.05) is 29.7 Å². The van der Waals surface area contributed by atoms with Crippen molar-refractivity contribution in [2.24, 2.45) is 0 Å². The van der Waals surface area contributed by atoms with E-state index in [9.17, 15) is 9.18 Å². The van der Waals surface area contributed by atoms with Gasteiger partial charge in [-0.2, -0.15) is 0 Å². The third-order valence-corrected chi connectivity index (χ3v) is 6.61. The summed E-state index contributed by atoms with van der Waals surface area (Å²) < 4.78 is 15.9. The highest BCUT2D eigenvalue weighted by molar-refractivity contribution is 7.19. The van der Waals surface area contributed by atoms with E-state index in [2.05, 4.69) is 22.4 Å². The lowest BCUT2D eigenvalue weighted by Gasteiger charge is -2.12. The van der Waals surface area contributed by atoms with Crippen LogP contribution in [0.4, 0.5) is 4.39 Å². The van der Waals surface area contributed by atoms with Crippen molar-refractivity contribution >= 4 is 21.4 Å². The Morgan fingerprint density at radius 1 is 1.14 bits per heavy atom. The van der Waals surface area contributed by atoms with Gasteiger partial charge in [0.15, 0.2) is 0 Å². The molecule has 0 spiro atoms. The molecule has 1 aliphatic heterocycles. The second kappa shape index (κ2) is 7.54. The Balaban J connectivity index is 1.39. The standard InChI is InChI=1S/C23H20FN3OS/c24-16-2-4-17(26-13-16)3-1-15-8-10-27(23(28)11-15)18-5-6-19-20-7-9-25-14-22(20)29-21(19)12-18/h2,4-6,8,10-13,25H,1,3,7,9,14H2. The number of pyridine rings is 2. The monoisotopic (exact) mass is 405 g/mol. The zero-order chi connectivity index (χ0) is 19.8. The molecule has 3 aromatic heterocycles. The van der Waals surface area contributed by atoms with Gasteiger partial charge in [-0.05, 0) is 72.7 Å². The first-order valence-electron chi connectivity index (χ1n) is 9.75. The van der Waals surface area contributed by atoms with Crippen LogP contribution in [0.25, 0.3) is 15.8 Å². The molecule has 146 valence electrons. The van der Waals surface area contributed by atoms with Crippen LogP contribution >= 0.6 is 11.3 Å². The van der Waals surface area contributed by atoms with Crippen LogP contribution in [0, 0.1) is 5.82 Å². The van der Waals surface area contributed by atoms with E-state index >= 15 is 0 Å². The molecule has 0 aliphatic carbocycles.